The van der Waals surface area contributed by atoms with Gasteiger partial charge in [-0.05, 0) is 110 Å². The van der Waals surface area contributed by atoms with Crippen LogP contribution in [0.3, 0.4) is 0 Å². The van der Waals surface area contributed by atoms with Gasteiger partial charge < -0.3 is 0 Å². The third-order valence-electron chi connectivity index (χ3n) is 8.58. The lowest BCUT2D eigenvalue weighted by Crippen LogP contribution is -2.29. The fraction of sp³-hybridized carbons (Fsp3) is 0.0789. The maximum Gasteiger partial charge on any atom is 0.100 e. The SMILES string of the molecule is CC1=CC=NC2C1=CC1=C3C2=CC=C2C=CC(c4cc(-c5ccccc5)cc(-c5ccccc5)c4)=C(C=C1)C23. The Morgan fingerprint density at radius 1 is 0.615 bits per heavy atom. The van der Waals surface area contributed by atoms with Crippen molar-refractivity contribution in [3.63, 3.8) is 0 Å². The van der Waals surface area contributed by atoms with Crippen LogP contribution in [0.5, 0.6) is 0 Å². The normalized spacial score (nSPS) is 22.1. The van der Waals surface area contributed by atoms with Gasteiger partial charge in [0.25, 0.3) is 0 Å². The van der Waals surface area contributed by atoms with Crippen molar-refractivity contribution in [2.24, 2.45) is 10.9 Å². The summed E-state index contributed by atoms with van der Waals surface area (Å²) in [7, 11) is 0. The predicted octanol–water partition coefficient (Wildman–Crippen LogP) is 9.03. The zero-order valence-corrected chi connectivity index (χ0v) is 21.8. The first-order valence-corrected chi connectivity index (χ1v) is 13.7. The van der Waals surface area contributed by atoms with E-state index in [9.17, 15) is 0 Å². The Kier molecular flexibility index (Phi) is 4.93. The van der Waals surface area contributed by atoms with E-state index < -0.39 is 0 Å². The van der Waals surface area contributed by atoms with Crippen LogP contribution in [0.1, 0.15) is 12.5 Å². The second-order valence-corrected chi connectivity index (χ2v) is 10.8. The number of fused-ring (bicyclic) bond motifs is 2. The largest absolute Gasteiger partial charge is 0.280 e. The highest BCUT2D eigenvalue weighted by atomic mass is 14.8. The van der Waals surface area contributed by atoms with Crippen LogP contribution < -0.4 is 0 Å². The van der Waals surface area contributed by atoms with Crippen molar-refractivity contribution in [2.45, 2.75) is 13.0 Å². The molecule has 0 spiro atoms. The van der Waals surface area contributed by atoms with Crippen molar-refractivity contribution in [2.75, 3.05) is 0 Å². The molecule has 184 valence electrons. The first-order valence-electron chi connectivity index (χ1n) is 13.7. The van der Waals surface area contributed by atoms with Crippen LogP contribution in [0, 0.1) is 5.92 Å². The Morgan fingerprint density at radius 3 is 2.03 bits per heavy atom. The standard InChI is InChI=1S/C38H27N/c1-24-18-19-39-38-34-17-13-27-12-15-32(33-16-14-28(23-35(24)38)37(34)36(27)33)31-21-29(25-8-4-2-5-9-25)20-30(22-31)26-10-6-3-7-11-26/h2-23,36,38H,1H3. The Bertz CT molecular complexity index is 1770. The summed E-state index contributed by atoms with van der Waals surface area (Å²) >= 11 is 0. The lowest BCUT2D eigenvalue weighted by Gasteiger charge is -2.40. The molecule has 0 N–H and O–H groups in total. The Labute approximate surface area is 229 Å². The van der Waals surface area contributed by atoms with Crippen molar-refractivity contribution < 1.29 is 0 Å². The molecule has 0 fully saturated rings. The molecule has 39 heavy (non-hydrogen) atoms. The molecule has 0 saturated heterocycles. The molecule has 8 rings (SSSR count). The quantitative estimate of drug-likeness (QED) is 0.342. The van der Waals surface area contributed by atoms with Gasteiger partial charge in [-0.2, -0.15) is 0 Å². The molecule has 0 amide bonds. The van der Waals surface area contributed by atoms with Crippen LogP contribution in [0.15, 0.2) is 171 Å². The Hall–Kier alpha value is -4.75. The van der Waals surface area contributed by atoms with Gasteiger partial charge in [0.1, 0.15) is 6.04 Å². The topological polar surface area (TPSA) is 12.4 Å². The molecular weight excluding hydrogens is 470 g/mol. The first kappa shape index (κ1) is 22.3. The molecule has 1 nitrogen and oxygen atoms in total. The van der Waals surface area contributed by atoms with Crippen LogP contribution in [0.4, 0.5) is 0 Å². The molecular formula is C38H27N. The van der Waals surface area contributed by atoms with E-state index in [1.165, 1.54) is 72.4 Å². The summed E-state index contributed by atoms with van der Waals surface area (Å²) in [6, 6.07) is 28.6. The molecule has 2 atom stereocenters. The second kappa shape index (κ2) is 8.64. The number of dihydropyridines is 1. The van der Waals surface area contributed by atoms with E-state index in [0.717, 1.165) is 0 Å². The van der Waals surface area contributed by atoms with Crippen molar-refractivity contribution in [1.29, 1.82) is 0 Å². The molecule has 1 heteroatoms. The van der Waals surface area contributed by atoms with Gasteiger partial charge in [0.15, 0.2) is 0 Å². The maximum atomic E-state index is 4.92. The third kappa shape index (κ3) is 3.51. The monoisotopic (exact) mass is 497 g/mol. The summed E-state index contributed by atoms with van der Waals surface area (Å²) in [5.74, 6) is 0.241. The smallest absolute Gasteiger partial charge is 0.100 e. The molecule has 0 radical (unpaired) electrons. The summed E-state index contributed by atoms with van der Waals surface area (Å²) < 4.78 is 0. The van der Waals surface area contributed by atoms with Gasteiger partial charge in [-0.1, -0.05) is 97.1 Å². The molecule has 5 aliphatic rings. The lowest BCUT2D eigenvalue weighted by molar-refractivity contribution is 0.780. The van der Waals surface area contributed by atoms with Crippen LogP contribution in [0.25, 0.3) is 27.8 Å². The number of aliphatic imine (C=N–C) groups is 1. The van der Waals surface area contributed by atoms with Crippen LogP contribution in [-0.4, -0.2) is 12.3 Å². The lowest BCUT2D eigenvalue weighted by atomic mass is 9.64. The van der Waals surface area contributed by atoms with Crippen LogP contribution in [0.2, 0.25) is 0 Å². The predicted molar refractivity (Wildman–Crippen MR) is 163 cm³/mol. The number of allylic oxidation sites excluding steroid dienone is 12. The number of hydrogen-bond acceptors (Lipinski definition) is 1. The highest BCUT2D eigenvalue weighted by Crippen LogP contribution is 2.52. The van der Waals surface area contributed by atoms with E-state index in [1.807, 2.05) is 6.21 Å². The van der Waals surface area contributed by atoms with Gasteiger partial charge in [-0.3, -0.25) is 4.99 Å². The van der Waals surface area contributed by atoms with E-state index in [-0.39, 0.29) is 12.0 Å². The van der Waals surface area contributed by atoms with Crippen LogP contribution >= 0.6 is 0 Å². The van der Waals surface area contributed by atoms with Crippen LogP contribution in [-0.2, 0) is 0 Å². The van der Waals surface area contributed by atoms with E-state index in [1.54, 1.807) is 0 Å². The minimum Gasteiger partial charge on any atom is -0.280 e. The summed E-state index contributed by atoms with van der Waals surface area (Å²) in [6.07, 6.45) is 20.4. The average Bonchev–Trinajstić information content (AvgIpc) is 3.00. The van der Waals surface area contributed by atoms with E-state index in [2.05, 4.69) is 134 Å². The summed E-state index contributed by atoms with van der Waals surface area (Å²) in [4.78, 5) is 4.92. The number of benzene rings is 3. The summed E-state index contributed by atoms with van der Waals surface area (Å²) in [6.45, 7) is 2.20. The van der Waals surface area contributed by atoms with Crippen molar-refractivity contribution >= 4 is 11.8 Å². The molecule has 3 aromatic rings. The number of rotatable bonds is 3. The van der Waals surface area contributed by atoms with Gasteiger partial charge in [0.2, 0.25) is 0 Å². The van der Waals surface area contributed by atoms with Gasteiger partial charge in [-0.15, -0.1) is 0 Å². The van der Waals surface area contributed by atoms with Crippen molar-refractivity contribution in [1.82, 2.24) is 0 Å². The highest BCUT2D eigenvalue weighted by Gasteiger charge is 2.39. The van der Waals surface area contributed by atoms with E-state index >= 15 is 0 Å². The molecule has 3 aromatic carbocycles. The molecule has 1 heterocycles. The van der Waals surface area contributed by atoms with Crippen molar-refractivity contribution in [3.05, 3.63) is 172 Å². The minimum atomic E-state index is 0.0970. The molecule has 2 unspecified atom stereocenters. The van der Waals surface area contributed by atoms with Gasteiger partial charge >= 0.3 is 0 Å². The Morgan fingerprint density at radius 2 is 1.31 bits per heavy atom. The minimum absolute atomic E-state index is 0.0970. The Balaban J connectivity index is 1.32. The molecule has 0 saturated carbocycles. The zero-order chi connectivity index (χ0) is 25.9. The molecule has 0 bridgehead atoms. The van der Waals surface area contributed by atoms with Crippen molar-refractivity contribution in [3.8, 4) is 22.3 Å². The molecule has 4 aliphatic carbocycles. The number of nitrogens with zero attached hydrogens (tertiary/aromatic N) is 1. The fourth-order valence-corrected chi connectivity index (χ4v) is 6.66. The van der Waals surface area contributed by atoms with Gasteiger partial charge in [-0.25, -0.2) is 0 Å². The van der Waals surface area contributed by atoms with E-state index in [4.69, 9.17) is 4.99 Å². The van der Waals surface area contributed by atoms with Gasteiger partial charge in [0.05, 0.1) is 0 Å². The first-order chi connectivity index (χ1) is 19.2. The number of hydrogen-bond donors (Lipinski definition) is 0. The van der Waals surface area contributed by atoms with Gasteiger partial charge in [0, 0.05) is 12.1 Å². The average molecular weight is 498 g/mol. The van der Waals surface area contributed by atoms with E-state index in [0.29, 0.717) is 0 Å². The second-order valence-electron chi connectivity index (χ2n) is 10.8. The summed E-state index contributed by atoms with van der Waals surface area (Å²) in [5, 5.41) is 0. The highest BCUT2D eigenvalue weighted by molar-refractivity contribution is 5.90. The molecule has 0 aromatic heterocycles. The molecule has 1 aliphatic heterocycles. The summed E-state index contributed by atoms with van der Waals surface area (Å²) in [5.41, 5.74) is 17.0. The maximum absolute atomic E-state index is 4.92. The third-order valence-corrected chi connectivity index (χ3v) is 8.58. The zero-order valence-electron chi connectivity index (χ0n) is 21.8. The fourth-order valence-electron chi connectivity index (χ4n) is 6.66.